The lowest BCUT2D eigenvalue weighted by atomic mass is 9.97. The first kappa shape index (κ1) is 11.8. The molecule has 5 heteroatoms. The minimum Gasteiger partial charge on any atom is -0.239 e. The van der Waals surface area contributed by atoms with E-state index in [9.17, 15) is 0 Å². The number of halogens is 1. The molecule has 0 amide bonds. The molecular formula is C11H9BrN2S2. The van der Waals surface area contributed by atoms with Gasteiger partial charge in [0.05, 0.1) is 20.4 Å². The maximum absolute atomic E-state index is 9.04. The lowest BCUT2D eigenvalue weighted by Crippen LogP contribution is -2.13. The van der Waals surface area contributed by atoms with Gasteiger partial charge in [-0.2, -0.15) is 5.26 Å². The highest BCUT2D eigenvalue weighted by Gasteiger charge is 2.24. The van der Waals surface area contributed by atoms with E-state index in [0.29, 0.717) is 0 Å². The molecule has 0 aromatic carbocycles. The van der Waals surface area contributed by atoms with Gasteiger partial charge in [-0.05, 0) is 41.9 Å². The Hall–Kier alpha value is -0.700. The smallest absolute Gasteiger partial charge is 0.113 e. The molecule has 0 unspecified atom stereocenters. The first-order chi connectivity index (χ1) is 7.53. The van der Waals surface area contributed by atoms with Gasteiger partial charge in [0, 0.05) is 5.38 Å². The summed E-state index contributed by atoms with van der Waals surface area (Å²) in [6.45, 7) is 3.78. The summed E-state index contributed by atoms with van der Waals surface area (Å²) < 4.78 is 1.09. The fourth-order valence-electron chi connectivity index (χ4n) is 1.17. The van der Waals surface area contributed by atoms with Crippen LogP contribution < -0.4 is 0 Å². The van der Waals surface area contributed by atoms with E-state index in [0.717, 1.165) is 19.4 Å². The van der Waals surface area contributed by atoms with Crippen LogP contribution in [0, 0.1) is 11.3 Å². The summed E-state index contributed by atoms with van der Waals surface area (Å²) in [4.78, 5) is 5.65. The van der Waals surface area contributed by atoms with E-state index < -0.39 is 5.41 Å². The maximum atomic E-state index is 9.04. The molecule has 0 aliphatic heterocycles. The van der Waals surface area contributed by atoms with Gasteiger partial charge in [0.1, 0.15) is 10.4 Å². The number of nitrogens with zero attached hydrogens (tertiary/aromatic N) is 2. The lowest BCUT2D eigenvalue weighted by molar-refractivity contribution is 0.680. The molecule has 2 heterocycles. The zero-order valence-corrected chi connectivity index (χ0v) is 12.0. The largest absolute Gasteiger partial charge is 0.239 e. The van der Waals surface area contributed by atoms with Crippen LogP contribution >= 0.6 is 38.6 Å². The molecule has 2 rings (SSSR count). The Morgan fingerprint density at radius 2 is 2.19 bits per heavy atom. The van der Waals surface area contributed by atoms with Gasteiger partial charge in [0.25, 0.3) is 0 Å². The molecule has 82 valence electrons. The third-order valence-corrected chi connectivity index (χ3v) is 4.96. The van der Waals surface area contributed by atoms with Gasteiger partial charge in [0.2, 0.25) is 0 Å². The highest BCUT2D eigenvalue weighted by molar-refractivity contribution is 9.11. The Kier molecular flexibility index (Phi) is 3.15. The molecule has 0 saturated carbocycles. The van der Waals surface area contributed by atoms with Crippen LogP contribution in [0.25, 0.3) is 10.6 Å². The zero-order valence-electron chi connectivity index (χ0n) is 8.82. The van der Waals surface area contributed by atoms with Crippen LogP contribution in [0.2, 0.25) is 0 Å². The average Bonchev–Trinajstić information content (AvgIpc) is 2.85. The van der Waals surface area contributed by atoms with E-state index in [4.69, 9.17) is 5.26 Å². The van der Waals surface area contributed by atoms with Crippen molar-refractivity contribution in [2.75, 3.05) is 0 Å². The van der Waals surface area contributed by atoms with Crippen molar-refractivity contribution >= 4 is 38.6 Å². The average molecular weight is 313 g/mol. The van der Waals surface area contributed by atoms with Crippen LogP contribution in [0.5, 0.6) is 0 Å². The number of hydrogen-bond donors (Lipinski definition) is 0. The molecule has 16 heavy (non-hydrogen) atoms. The Balaban J connectivity index is 2.38. The van der Waals surface area contributed by atoms with Crippen LogP contribution in [0.1, 0.15) is 18.9 Å². The molecule has 0 saturated heterocycles. The molecule has 0 spiro atoms. The van der Waals surface area contributed by atoms with Crippen molar-refractivity contribution in [3.8, 4) is 16.6 Å². The van der Waals surface area contributed by atoms with Crippen LogP contribution in [0.4, 0.5) is 0 Å². The second kappa shape index (κ2) is 4.28. The van der Waals surface area contributed by atoms with Crippen LogP contribution in [0.15, 0.2) is 21.3 Å². The fraction of sp³-hybridized carbons (Fsp3) is 0.273. The predicted octanol–water partition coefficient (Wildman–Crippen LogP) is 4.44. The predicted molar refractivity (Wildman–Crippen MR) is 71.8 cm³/mol. The third kappa shape index (κ3) is 2.19. The zero-order chi connectivity index (χ0) is 11.8. The van der Waals surface area contributed by atoms with Crippen molar-refractivity contribution in [2.24, 2.45) is 0 Å². The molecule has 0 aliphatic carbocycles. The minimum absolute atomic E-state index is 0.503. The van der Waals surface area contributed by atoms with E-state index in [1.54, 1.807) is 22.7 Å². The fourth-order valence-corrected chi connectivity index (χ4v) is 3.49. The van der Waals surface area contributed by atoms with Crippen molar-refractivity contribution in [1.82, 2.24) is 4.98 Å². The van der Waals surface area contributed by atoms with Gasteiger partial charge in [-0.25, -0.2) is 4.98 Å². The Morgan fingerprint density at radius 3 is 2.75 bits per heavy atom. The summed E-state index contributed by atoms with van der Waals surface area (Å²) in [5, 5.41) is 11.9. The molecule has 0 aliphatic rings. The number of aromatic nitrogens is 1. The number of nitriles is 1. The van der Waals surface area contributed by atoms with Crippen LogP contribution in [-0.4, -0.2) is 4.98 Å². The summed E-state index contributed by atoms with van der Waals surface area (Å²) in [5.41, 5.74) is 0.455. The van der Waals surface area contributed by atoms with Gasteiger partial charge in [-0.15, -0.1) is 22.7 Å². The second-order valence-corrected chi connectivity index (χ2v) is 7.20. The molecule has 2 aromatic heterocycles. The maximum Gasteiger partial charge on any atom is 0.113 e. The molecule has 0 radical (unpaired) electrons. The molecule has 2 aromatic rings. The molecular weight excluding hydrogens is 304 g/mol. The number of rotatable bonds is 2. The minimum atomic E-state index is -0.503. The number of thiophene rings is 1. The van der Waals surface area contributed by atoms with Crippen LogP contribution in [-0.2, 0) is 5.41 Å². The van der Waals surface area contributed by atoms with Gasteiger partial charge in [0.15, 0.2) is 0 Å². The van der Waals surface area contributed by atoms with E-state index in [1.807, 2.05) is 31.4 Å². The topological polar surface area (TPSA) is 36.7 Å². The quantitative estimate of drug-likeness (QED) is 0.822. The Bertz CT molecular complexity index is 548. The Labute approximate surface area is 111 Å². The highest BCUT2D eigenvalue weighted by Crippen LogP contribution is 2.34. The molecule has 0 fully saturated rings. The summed E-state index contributed by atoms with van der Waals surface area (Å²) in [5.74, 6) is 0. The van der Waals surface area contributed by atoms with E-state index in [2.05, 4.69) is 27.0 Å². The van der Waals surface area contributed by atoms with Crippen molar-refractivity contribution in [1.29, 1.82) is 5.26 Å². The molecule has 0 bridgehead atoms. The third-order valence-electron chi connectivity index (χ3n) is 2.14. The lowest BCUT2D eigenvalue weighted by Gasteiger charge is -2.09. The van der Waals surface area contributed by atoms with Crippen molar-refractivity contribution < 1.29 is 0 Å². The van der Waals surface area contributed by atoms with Crippen molar-refractivity contribution in [3.63, 3.8) is 0 Å². The normalized spacial score (nSPS) is 11.4. The van der Waals surface area contributed by atoms with Gasteiger partial charge < -0.3 is 0 Å². The van der Waals surface area contributed by atoms with E-state index in [1.165, 1.54) is 0 Å². The standard InChI is InChI=1S/C11H9BrN2S2/c1-11(2,6-13)10-14-7(5-15-10)8-3-4-9(12)16-8/h3-5H,1-2H3. The van der Waals surface area contributed by atoms with Crippen molar-refractivity contribution in [2.45, 2.75) is 19.3 Å². The first-order valence-corrected chi connectivity index (χ1v) is 7.15. The summed E-state index contributed by atoms with van der Waals surface area (Å²) in [7, 11) is 0. The highest BCUT2D eigenvalue weighted by atomic mass is 79.9. The Morgan fingerprint density at radius 1 is 1.44 bits per heavy atom. The van der Waals surface area contributed by atoms with Gasteiger partial charge in [-0.3, -0.25) is 0 Å². The SMILES string of the molecule is CC(C)(C#N)c1nc(-c2ccc(Br)s2)cs1. The summed E-state index contributed by atoms with van der Waals surface area (Å²) in [6.07, 6.45) is 0. The first-order valence-electron chi connectivity index (χ1n) is 4.66. The van der Waals surface area contributed by atoms with E-state index >= 15 is 0 Å². The van der Waals surface area contributed by atoms with Gasteiger partial charge >= 0.3 is 0 Å². The number of thiazole rings is 1. The summed E-state index contributed by atoms with van der Waals surface area (Å²) >= 11 is 6.62. The van der Waals surface area contributed by atoms with Gasteiger partial charge in [-0.1, -0.05) is 0 Å². The number of hydrogen-bond acceptors (Lipinski definition) is 4. The van der Waals surface area contributed by atoms with E-state index in [-0.39, 0.29) is 0 Å². The van der Waals surface area contributed by atoms with Crippen molar-refractivity contribution in [3.05, 3.63) is 26.3 Å². The monoisotopic (exact) mass is 312 g/mol. The second-order valence-electron chi connectivity index (χ2n) is 3.88. The molecule has 0 atom stereocenters. The van der Waals surface area contributed by atoms with Crippen LogP contribution in [0.3, 0.4) is 0 Å². The summed E-state index contributed by atoms with van der Waals surface area (Å²) in [6, 6.07) is 6.31. The molecule has 2 nitrogen and oxygen atoms in total. The molecule has 0 N–H and O–H groups in total.